The Balaban J connectivity index is 1.84. The molecule has 4 aromatic rings. The fourth-order valence-corrected chi connectivity index (χ4v) is 4.66. The van der Waals surface area contributed by atoms with E-state index in [-0.39, 0.29) is 16.2 Å². The van der Waals surface area contributed by atoms with Crippen molar-refractivity contribution in [3.05, 3.63) is 76.1 Å². The van der Waals surface area contributed by atoms with E-state index in [1.807, 2.05) is 0 Å². The van der Waals surface area contributed by atoms with Gasteiger partial charge in [0.1, 0.15) is 24.2 Å². The van der Waals surface area contributed by atoms with Crippen molar-refractivity contribution in [2.75, 3.05) is 18.6 Å². The van der Waals surface area contributed by atoms with Crippen molar-refractivity contribution in [1.82, 2.24) is 15.0 Å². The minimum absolute atomic E-state index is 0.0384. The molecular formula is C26H22ClF2N4OP. The second kappa shape index (κ2) is 9.37. The van der Waals surface area contributed by atoms with Crippen LogP contribution in [0.15, 0.2) is 42.6 Å². The van der Waals surface area contributed by atoms with Crippen LogP contribution in [-0.4, -0.2) is 28.3 Å². The normalized spacial score (nSPS) is 12.4. The first kappa shape index (κ1) is 24.8. The van der Waals surface area contributed by atoms with Crippen molar-refractivity contribution >= 4 is 40.9 Å². The zero-order chi connectivity index (χ0) is 25.5. The van der Waals surface area contributed by atoms with Gasteiger partial charge in [0.2, 0.25) is 0 Å². The summed E-state index contributed by atoms with van der Waals surface area (Å²) in [6, 6.07) is 8.39. The molecule has 35 heavy (non-hydrogen) atoms. The van der Waals surface area contributed by atoms with Gasteiger partial charge in [-0.1, -0.05) is 17.5 Å². The van der Waals surface area contributed by atoms with Crippen molar-refractivity contribution in [1.29, 1.82) is 0 Å². The van der Waals surface area contributed by atoms with Crippen molar-refractivity contribution in [3.8, 4) is 23.6 Å². The molecule has 0 saturated heterocycles. The van der Waals surface area contributed by atoms with Gasteiger partial charge < -0.3 is 9.88 Å². The van der Waals surface area contributed by atoms with E-state index in [1.165, 1.54) is 24.4 Å². The average molecular weight is 511 g/mol. The molecule has 5 nitrogen and oxygen atoms in total. The number of terminal acetylenes is 1. The van der Waals surface area contributed by atoms with E-state index in [2.05, 4.69) is 26.2 Å². The van der Waals surface area contributed by atoms with E-state index in [0.717, 1.165) is 0 Å². The molecular weight excluding hydrogens is 489 g/mol. The Bertz CT molecular complexity index is 1540. The predicted molar refractivity (Wildman–Crippen MR) is 138 cm³/mol. The Hall–Kier alpha value is -3.33. The quantitative estimate of drug-likeness (QED) is 0.251. The largest absolute Gasteiger partial charge is 0.375 e. The maximum Gasteiger partial charge on any atom is 0.151 e. The topological polar surface area (TPSA) is 67.8 Å². The number of hydrogen-bond acceptors (Lipinski definition) is 5. The molecule has 178 valence electrons. The second-order valence-electron chi connectivity index (χ2n) is 8.58. The molecule has 3 heterocycles. The highest BCUT2D eigenvalue weighted by Crippen LogP contribution is 2.37. The lowest BCUT2D eigenvalue weighted by Gasteiger charge is -2.20. The molecule has 0 saturated carbocycles. The maximum atomic E-state index is 15.1. The standard InChI is InChI=1S/C26H22ClF2N4OP/c1-6-16-7-9-19(28)18(11-16)14(2)32-26-23(27)15(3)31-21-12-20(29)24(33-25(21)26)17-8-10-22(30-13-17)35(4,5)34/h1,7-14H,2-5H3,(H,31,32)/t14-/m1/s1. The van der Waals surface area contributed by atoms with Crippen molar-refractivity contribution in [3.63, 3.8) is 0 Å². The van der Waals surface area contributed by atoms with Crippen LogP contribution in [0.3, 0.4) is 0 Å². The lowest BCUT2D eigenvalue weighted by atomic mass is 10.0. The van der Waals surface area contributed by atoms with Gasteiger partial charge in [0.25, 0.3) is 0 Å². The molecule has 0 aliphatic rings. The van der Waals surface area contributed by atoms with Gasteiger partial charge in [-0.15, -0.1) is 6.42 Å². The van der Waals surface area contributed by atoms with E-state index < -0.39 is 24.8 Å². The third-order valence-corrected chi connectivity index (χ3v) is 7.41. The highest BCUT2D eigenvalue weighted by Gasteiger charge is 2.21. The molecule has 1 atom stereocenters. The number of fused-ring (bicyclic) bond motifs is 1. The third kappa shape index (κ3) is 4.91. The molecule has 1 N–H and O–H groups in total. The molecule has 4 rings (SSSR count). The Morgan fingerprint density at radius 2 is 1.86 bits per heavy atom. The van der Waals surface area contributed by atoms with Gasteiger partial charge >= 0.3 is 0 Å². The van der Waals surface area contributed by atoms with Gasteiger partial charge in [0.05, 0.1) is 33.4 Å². The van der Waals surface area contributed by atoms with E-state index in [0.29, 0.717) is 39.0 Å². The summed E-state index contributed by atoms with van der Waals surface area (Å²) in [6.45, 7) is 6.68. The molecule has 0 spiro atoms. The maximum absolute atomic E-state index is 15.1. The molecule has 9 heteroatoms. The SMILES string of the molecule is C#Cc1ccc(F)c([C@@H](C)Nc2c(Cl)c(C)nc3cc(F)c(-c4ccc(P(C)(C)=O)nc4)nc23)c1. The summed E-state index contributed by atoms with van der Waals surface area (Å²) in [5, 5.41) is 3.50. The van der Waals surface area contributed by atoms with Crippen molar-refractivity contribution in [2.45, 2.75) is 19.9 Å². The number of nitrogens with zero attached hydrogens (tertiary/aromatic N) is 3. The number of pyridine rings is 3. The Morgan fingerprint density at radius 1 is 1.11 bits per heavy atom. The van der Waals surface area contributed by atoms with Gasteiger partial charge in [-0.05, 0) is 57.5 Å². The smallest absolute Gasteiger partial charge is 0.151 e. The monoisotopic (exact) mass is 510 g/mol. The molecule has 0 unspecified atom stereocenters. The van der Waals surface area contributed by atoms with Gasteiger partial charge in [-0.25, -0.2) is 18.7 Å². The summed E-state index contributed by atoms with van der Waals surface area (Å²) in [5.41, 5.74) is 3.24. The average Bonchev–Trinajstić information content (AvgIpc) is 2.81. The Labute approximate surface area is 207 Å². The summed E-state index contributed by atoms with van der Waals surface area (Å²) < 4.78 is 41.9. The fraction of sp³-hybridized carbons (Fsp3) is 0.192. The molecule has 0 aliphatic carbocycles. The van der Waals surface area contributed by atoms with Gasteiger partial charge in [0, 0.05) is 29.0 Å². The van der Waals surface area contributed by atoms with Gasteiger partial charge in [-0.2, -0.15) is 0 Å². The van der Waals surface area contributed by atoms with E-state index in [1.54, 1.807) is 45.4 Å². The first-order chi connectivity index (χ1) is 16.5. The van der Waals surface area contributed by atoms with Crippen molar-refractivity contribution < 1.29 is 13.3 Å². The molecule has 0 bridgehead atoms. The van der Waals surface area contributed by atoms with Crippen LogP contribution in [0.4, 0.5) is 14.5 Å². The summed E-state index contributed by atoms with van der Waals surface area (Å²) in [4.78, 5) is 13.1. The van der Waals surface area contributed by atoms with Crippen LogP contribution in [0.1, 0.15) is 29.8 Å². The highest BCUT2D eigenvalue weighted by atomic mass is 35.5. The van der Waals surface area contributed by atoms with E-state index in [9.17, 15) is 8.96 Å². The van der Waals surface area contributed by atoms with Crippen LogP contribution in [0, 0.1) is 30.9 Å². The summed E-state index contributed by atoms with van der Waals surface area (Å²) in [5.74, 6) is 1.48. The minimum atomic E-state index is -2.56. The Morgan fingerprint density at radius 3 is 2.49 bits per heavy atom. The highest BCUT2D eigenvalue weighted by molar-refractivity contribution is 7.69. The first-order valence-electron chi connectivity index (χ1n) is 10.7. The van der Waals surface area contributed by atoms with Crippen LogP contribution in [0.2, 0.25) is 5.02 Å². The molecule has 0 aliphatic heterocycles. The summed E-state index contributed by atoms with van der Waals surface area (Å²) >= 11 is 6.58. The van der Waals surface area contributed by atoms with Crippen LogP contribution in [0.25, 0.3) is 22.3 Å². The van der Waals surface area contributed by atoms with Crippen LogP contribution >= 0.6 is 18.7 Å². The number of nitrogens with one attached hydrogen (secondary N) is 1. The molecule has 0 radical (unpaired) electrons. The summed E-state index contributed by atoms with van der Waals surface area (Å²) in [7, 11) is -2.56. The first-order valence-corrected chi connectivity index (χ1v) is 13.7. The lowest BCUT2D eigenvalue weighted by molar-refractivity contribution is 0.587. The number of rotatable bonds is 5. The predicted octanol–water partition coefficient (Wildman–Crippen LogP) is 6.33. The number of benzene rings is 1. The lowest BCUT2D eigenvalue weighted by Crippen LogP contribution is -2.11. The minimum Gasteiger partial charge on any atom is -0.375 e. The number of aryl methyl sites for hydroxylation is 1. The number of halogens is 3. The van der Waals surface area contributed by atoms with E-state index in [4.69, 9.17) is 18.0 Å². The zero-order valence-electron chi connectivity index (χ0n) is 19.5. The van der Waals surface area contributed by atoms with Crippen LogP contribution in [0.5, 0.6) is 0 Å². The van der Waals surface area contributed by atoms with Crippen molar-refractivity contribution in [2.24, 2.45) is 0 Å². The number of aromatic nitrogens is 3. The fourth-order valence-electron chi connectivity index (χ4n) is 3.70. The molecule has 1 aromatic carbocycles. The number of anilines is 1. The molecule has 0 fully saturated rings. The van der Waals surface area contributed by atoms with E-state index >= 15 is 4.39 Å². The summed E-state index contributed by atoms with van der Waals surface area (Å²) in [6.07, 6.45) is 6.91. The third-order valence-electron chi connectivity index (χ3n) is 5.58. The zero-order valence-corrected chi connectivity index (χ0v) is 21.2. The number of hydrogen-bond donors (Lipinski definition) is 1. The van der Waals surface area contributed by atoms with Crippen LogP contribution < -0.4 is 10.8 Å². The van der Waals surface area contributed by atoms with Gasteiger partial charge in [-0.3, -0.25) is 4.98 Å². The Kier molecular flexibility index (Phi) is 6.64. The second-order valence-corrected chi connectivity index (χ2v) is 12.1. The van der Waals surface area contributed by atoms with Crippen LogP contribution in [-0.2, 0) is 4.57 Å². The van der Waals surface area contributed by atoms with Gasteiger partial charge in [0.15, 0.2) is 5.82 Å². The molecule has 3 aromatic heterocycles. The molecule has 0 amide bonds.